The van der Waals surface area contributed by atoms with Crippen molar-refractivity contribution in [3.63, 3.8) is 0 Å². The van der Waals surface area contributed by atoms with E-state index in [4.69, 9.17) is 19.2 Å². The molecule has 0 spiro atoms. The second-order valence-corrected chi connectivity index (χ2v) is 8.75. The van der Waals surface area contributed by atoms with E-state index >= 15 is 0 Å². The lowest BCUT2D eigenvalue weighted by Crippen LogP contribution is -2.44. The molecule has 6 nitrogen and oxygen atoms in total. The van der Waals surface area contributed by atoms with E-state index in [-0.39, 0.29) is 6.42 Å². The van der Waals surface area contributed by atoms with Gasteiger partial charge in [-0.05, 0) is 68.7 Å². The summed E-state index contributed by atoms with van der Waals surface area (Å²) in [5.74, 6) is -2.22. The van der Waals surface area contributed by atoms with Gasteiger partial charge in [0.1, 0.15) is 11.5 Å². The molecule has 0 aromatic carbocycles. The monoisotopic (exact) mass is 346 g/mol. The van der Waals surface area contributed by atoms with E-state index in [1.165, 1.54) is 0 Å². The van der Waals surface area contributed by atoms with Gasteiger partial charge in [0.25, 0.3) is 0 Å². The van der Waals surface area contributed by atoms with Gasteiger partial charge in [0, 0.05) is 0 Å². The second-order valence-electron chi connectivity index (χ2n) is 8.75. The summed E-state index contributed by atoms with van der Waals surface area (Å²) in [5.41, 5.74) is -1.86. The number of ketones is 1. The highest BCUT2D eigenvalue weighted by atomic mass is 17.2. The Morgan fingerprint density at radius 3 is 1.50 bits per heavy atom. The van der Waals surface area contributed by atoms with Crippen LogP contribution in [0.25, 0.3) is 0 Å². The zero-order chi connectivity index (χ0) is 19.3. The minimum atomic E-state index is -1.16. The average molecular weight is 346 g/mol. The van der Waals surface area contributed by atoms with E-state index in [2.05, 4.69) is 0 Å². The van der Waals surface area contributed by atoms with Gasteiger partial charge in [-0.15, -0.1) is 0 Å². The fraction of sp³-hybridized carbons (Fsp3) is 0.889. The van der Waals surface area contributed by atoms with Gasteiger partial charge >= 0.3 is 5.97 Å². The van der Waals surface area contributed by atoms with Crippen molar-refractivity contribution in [3.8, 4) is 0 Å². The maximum Gasteiger partial charge on any atom is 0.352 e. The van der Waals surface area contributed by atoms with Crippen molar-refractivity contribution in [2.24, 2.45) is 5.92 Å². The molecule has 0 N–H and O–H groups in total. The van der Waals surface area contributed by atoms with Gasteiger partial charge in [0.15, 0.2) is 0 Å². The van der Waals surface area contributed by atoms with Gasteiger partial charge in [-0.1, -0.05) is 6.92 Å². The van der Waals surface area contributed by atoms with Crippen LogP contribution in [0.15, 0.2) is 0 Å². The Kier molecular flexibility index (Phi) is 8.06. The Balaban J connectivity index is 5.22. The zero-order valence-corrected chi connectivity index (χ0v) is 16.8. The first-order chi connectivity index (χ1) is 10.6. The Labute approximate surface area is 146 Å². The molecule has 0 bridgehead atoms. The lowest BCUT2D eigenvalue weighted by Gasteiger charge is -2.33. The van der Waals surface area contributed by atoms with Crippen LogP contribution in [0.5, 0.6) is 0 Å². The van der Waals surface area contributed by atoms with Crippen molar-refractivity contribution in [1.29, 1.82) is 0 Å². The molecule has 1 atom stereocenters. The highest BCUT2D eigenvalue weighted by Gasteiger charge is 2.38. The summed E-state index contributed by atoms with van der Waals surface area (Å²) in [4.78, 5) is 34.9. The molecule has 0 radical (unpaired) electrons. The first kappa shape index (κ1) is 23.0. The molecule has 0 saturated carbocycles. The summed E-state index contributed by atoms with van der Waals surface area (Å²) in [7, 11) is 0. The minimum absolute atomic E-state index is 0.267. The molecule has 0 heterocycles. The van der Waals surface area contributed by atoms with Crippen molar-refractivity contribution in [1.82, 2.24) is 0 Å². The third-order valence-electron chi connectivity index (χ3n) is 2.56. The normalized spacial score (nSPS) is 14.6. The number of hydrogen-bond donors (Lipinski definition) is 0. The maximum atomic E-state index is 12.8. The molecule has 0 amide bonds. The molecule has 0 rings (SSSR count). The number of hydrogen-bond acceptors (Lipinski definition) is 6. The van der Waals surface area contributed by atoms with Crippen LogP contribution in [-0.4, -0.2) is 34.8 Å². The quantitative estimate of drug-likeness (QED) is 0.302. The number of carbonyl (C=O) groups excluding carboxylic acids is 2. The number of Topliss-reactive ketones (excluding diaryl/α,β-unsaturated/α-hetero) is 1. The molecule has 0 aliphatic heterocycles. The Bertz CT molecular complexity index is 406. The van der Waals surface area contributed by atoms with Gasteiger partial charge in [-0.25, -0.2) is 4.79 Å². The van der Waals surface area contributed by atoms with Crippen LogP contribution in [0.3, 0.4) is 0 Å². The van der Waals surface area contributed by atoms with E-state index in [0.29, 0.717) is 0 Å². The lowest BCUT2D eigenvalue weighted by atomic mass is 10.00. The van der Waals surface area contributed by atoms with Crippen LogP contribution in [0.2, 0.25) is 0 Å². The van der Waals surface area contributed by atoms with Crippen molar-refractivity contribution >= 4 is 11.8 Å². The summed E-state index contributed by atoms with van der Waals surface area (Å²) in [6, 6.07) is 0. The number of carbonyl (C=O) groups is 2. The third-order valence-corrected chi connectivity index (χ3v) is 2.56. The van der Waals surface area contributed by atoms with E-state index < -0.39 is 40.8 Å². The predicted octanol–water partition coefficient (Wildman–Crippen LogP) is 3.81. The van der Waals surface area contributed by atoms with Crippen molar-refractivity contribution in [2.75, 3.05) is 0 Å². The molecule has 0 aliphatic rings. The van der Waals surface area contributed by atoms with Gasteiger partial charge in [0.2, 0.25) is 12.1 Å². The molecule has 0 aliphatic carbocycles. The van der Waals surface area contributed by atoms with E-state index in [1.54, 1.807) is 27.7 Å². The van der Waals surface area contributed by atoms with E-state index in [1.807, 2.05) is 41.5 Å². The van der Waals surface area contributed by atoms with E-state index in [0.717, 1.165) is 0 Å². The first-order valence-corrected chi connectivity index (χ1v) is 8.34. The van der Waals surface area contributed by atoms with Crippen LogP contribution in [0, 0.1) is 5.92 Å². The maximum absolute atomic E-state index is 12.8. The van der Waals surface area contributed by atoms with Gasteiger partial charge in [-0.3, -0.25) is 9.68 Å². The van der Waals surface area contributed by atoms with Crippen LogP contribution in [-0.2, 0) is 28.8 Å². The third kappa shape index (κ3) is 10.0. The van der Waals surface area contributed by atoms with Crippen LogP contribution in [0.1, 0.15) is 75.7 Å². The van der Waals surface area contributed by atoms with Crippen LogP contribution >= 0.6 is 0 Å². The first-order valence-electron chi connectivity index (χ1n) is 8.34. The smallest absolute Gasteiger partial charge is 0.340 e. The molecule has 0 aromatic heterocycles. The fourth-order valence-electron chi connectivity index (χ4n) is 1.65. The topological polar surface area (TPSA) is 71.1 Å². The van der Waals surface area contributed by atoms with Crippen molar-refractivity contribution < 1.29 is 28.8 Å². The Morgan fingerprint density at radius 1 is 0.792 bits per heavy atom. The highest BCUT2D eigenvalue weighted by molar-refractivity contribution is 6.00. The Hall–Kier alpha value is -0.980. The average Bonchev–Trinajstić information content (AvgIpc) is 2.32. The van der Waals surface area contributed by atoms with Gasteiger partial charge in [-0.2, -0.15) is 4.89 Å². The summed E-state index contributed by atoms with van der Waals surface area (Å²) >= 11 is 0. The number of rotatable bonds is 7. The number of ether oxygens (including phenoxy) is 2. The van der Waals surface area contributed by atoms with Crippen LogP contribution in [0.4, 0.5) is 0 Å². The minimum Gasteiger partial charge on any atom is -0.340 e. The lowest BCUT2D eigenvalue weighted by molar-refractivity contribution is -0.323. The molecular formula is C18H34O6. The largest absolute Gasteiger partial charge is 0.352 e. The molecule has 1 unspecified atom stereocenters. The Morgan fingerprint density at radius 2 is 1.21 bits per heavy atom. The molecule has 0 aromatic rings. The van der Waals surface area contributed by atoms with Crippen molar-refractivity contribution in [3.05, 3.63) is 0 Å². The molecular weight excluding hydrogens is 312 g/mol. The van der Waals surface area contributed by atoms with Gasteiger partial charge in [0.05, 0.1) is 11.2 Å². The molecule has 0 fully saturated rings. The van der Waals surface area contributed by atoms with Crippen LogP contribution < -0.4 is 0 Å². The molecule has 0 saturated heterocycles. The SMILES string of the molecule is CCC(C(=O)OOC(C)(C)C)C(=O)C(OC(C)(C)C)OC(C)(C)C. The molecule has 142 valence electrons. The summed E-state index contributed by atoms with van der Waals surface area (Å²) in [5, 5.41) is 0. The summed E-state index contributed by atoms with van der Waals surface area (Å²) in [6.07, 6.45) is -0.889. The molecule has 24 heavy (non-hydrogen) atoms. The summed E-state index contributed by atoms with van der Waals surface area (Å²) in [6.45, 7) is 17.9. The predicted molar refractivity (Wildman–Crippen MR) is 91.2 cm³/mol. The van der Waals surface area contributed by atoms with E-state index in [9.17, 15) is 9.59 Å². The second kappa shape index (κ2) is 8.41. The zero-order valence-electron chi connectivity index (χ0n) is 16.8. The van der Waals surface area contributed by atoms with Crippen molar-refractivity contribution in [2.45, 2.75) is 98.8 Å². The standard InChI is InChI=1S/C18H34O6/c1-11-12(14(20)23-24-18(8,9)10)13(19)15(21-16(2,3)4)22-17(5,6)7/h12,15H,11H2,1-10H3. The molecule has 6 heteroatoms. The van der Waals surface area contributed by atoms with Gasteiger partial charge < -0.3 is 9.47 Å². The highest BCUT2D eigenvalue weighted by Crippen LogP contribution is 2.23. The summed E-state index contributed by atoms with van der Waals surface area (Å²) < 4.78 is 11.5. The fourth-order valence-corrected chi connectivity index (χ4v) is 1.65.